The zero-order valence-electron chi connectivity index (χ0n) is 14.8. The number of rotatable bonds is 6. The minimum absolute atomic E-state index is 0.180. The lowest BCUT2D eigenvalue weighted by molar-refractivity contribution is -0.394. The second kappa shape index (κ2) is 8.49. The molecule has 0 aliphatic carbocycles. The van der Waals surface area contributed by atoms with E-state index in [0.717, 1.165) is 29.3 Å². The molecule has 1 unspecified atom stereocenters. The number of hydrogen-bond donors (Lipinski definition) is 1. The first-order chi connectivity index (χ1) is 13.8. The lowest BCUT2D eigenvalue weighted by Crippen LogP contribution is -2.29. The van der Waals surface area contributed by atoms with Gasteiger partial charge in [-0.15, -0.1) is 0 Å². The first-order valence-electron chi connectivity index (χ1n) is 8.40. The number of nitrogens with zero attached hydrogens (tertiary/aromatic N) is 2. The molecule has 0 aliphatic heterocycles. The monoisotopic (exact) mass is 411 g/mol. The SMILES string of the molecule is O=C(NC(c1ccccc1)c1ccc(Cl)cc1)c1cc([N+](=O)[O-])cc([N+](=O)[O-])c1. The normalized spacial score (nSPS) is 11.5. The zero-order chi connectivity index (χ0) is 21.0. The Kier molecular flexibility index (Phi) is 5.85. The maximum atomic E-state index is 12.8. The van der Waals surface area contributed by atoms with Crippen molar-refractivity contribution >= 4 is 28.9 Å². The summed E-state index contributed by atoms with van der Waals surface area (Å²) in [5, 5.41) is 25.5. The van der Waals surface area contributed by atoms with Crippen LogP contribution < -0.4 is 5.32 Å². The van der Waals surface area contributed by atoms with Gasteiger partial charge >= 0.3 is 0 Å². The van der Waals surface area contributed by atoms with Crippen LogP contribution in [0, 0.1) is 20.2 Å². The maximum Gasteiger partial charge on any atom is 0.277 e. The molecule has 3 rings (SSSR count). The first kappa shape index (κ1) is 20.0. The Labute approximate surface area is 170 Å². The molecular formula is C20H14ClN3O5. The molecule has 29 heavy (non-hydrogen) atoms. The summed E-state index contributed by atoms with van der Waals surface area (Å²) in [5.74, 6) is -0.680. The Morgan fingerprint density at radius 3 is 1.86 bits per heavy atom. The van der Waals surface area contributed by atoms with Crippen molar-refractivity contribution in [3.8, 4) is 0 Å². The summed E-state index contributed by atoms with van der Waals surface area (Å²) in [4.78, 5) is 33.4. The number of halogens is 1. The second-order valence-electron chi connectivity index (χ2n) is 6.12. The summed E-state index contributed by atoms with van der Waals surface area (Å²) in [6, 6.07) is 18.2. The van der Waals surface area contributed by atoms with Crippen molar-refractivity contribution in [2.24, 2.45) is 0 Å². The van der Waals surface area contributed by atoms with Crippen LogP contribution in [0.15, 0.2) is 72.8 Å². The number of amides is 1. The van der Waals surface area contributed by atoms with Crippen LogP contribution in [0.5, 0.6) is 0 Å². The van der Waals surface area contributed by atoms with Crippen LogP contribution in [0.1, 0.15) is 27.5 Å². The minimum Gasteiger partial charge on any atom is -0.341 e. The first-order valence-corrected chi connectivity index (χ1v) is 8.78. The minimum atomic E-state index is -0.780. The number of nitro benzene ring substituents is 2. The molecule has 0 fully saturated rings. The molecule has 0 aliphatic rings. The van der Waals surface area contributed by atoms with E-state index in [0.29, 0.717) is 5.02 Å². The van der Waals surface area contributed by atoms with Gasteiger partial charge in [0, 0.05) is 17.2 Å². The van der Waals surface area contributed by atoms with Gasteiger partial charge in [-0.3, -0.25) is 25.0 Å². The summed E-state index contributed by atoms with van der Waals surface area (Å²) in [6.45, 7) is 0. The van der Waals surface area contributed by atoms with Crippen LogP contribution in [0.4, 0.5) is 11.4 Å². The van der Waals surface area contributed by atoms with Crippen molar-refractivity contribution in [2.75, 3.05) is 0 Å². The molecule has 3 aromatic carbocycles. The van der Waals surface area contributed by atoms with Crippen LogP contribution in [0.2, 0.25) is 5.02 Å². The standard InChI is InChI=1S/C20H14ClN3O5/c21-16-8-6-14(7-9-16)19(13-4-2-1-3-5-13)22-20(25)15-10-17(23(26)27)12-18(11-15)24(28)29/h1-12,19H,(H,22,25). The van der Waals surface area contributed by atoms with Gasteiger partial charge in [0.15, 0.2) is 0 Å². The van der Waals surface area contributed by atoms with Crippen molar-refractivity contribution in [1.82, 2.24) is 5.32 Å². The van der Waals surface area contributed by atoms with Crippen LogP contribution in [-0.4, -0.2) is 15.8 Å². The third-order valence-electron chi connectivity index (χ3n) is 4.20. The number of benzene rings is 3. The molecule has 9 heteroatoms. The molecule has 0 heterocycles. The van der Waals surface area contributed by atoms with Gasteiger partial charge in [-0.05, 0) is 23.3 Å². The highest BCUT2D eigenvalue weighted by molar-refractivity contribution is 6.30. The van der Waals surface area contributed by atoms with E-state index in [1.807, 2.05) is 30.3 Å². The zero-order valence-corrected chi connectivity index (χ0v) is 15.6. The number of nitro groups is 2. The Morgan fingerprint density at radius 2 is 1.34 bits per heavy atom. The van der Waals surface area contributed by atoms with E-state index >= 15 is 0 Å². The van der Waals surface area contributed by atoms with Crippen molar-refractivity contribution in [3.05, 3.63) is 115 Å². The highest BCUT2D eigenvalue weighted by atomic mass is 35.5. The smallest absolute Gasteiger partial charge is 0.277 e. The van der Waals surface area contributed by atoms with E-state index in [1.54, 1.807) is 24.3 Å². The third-order valence-corrected chi connectivity index (χ3v) is 4.45. The van der Waals surface area contributed by atoms with Gasteiger partial charge in [0.05, 0.1) is 27.5 Å². The van der Waals surface area contributed by atoms with E-state index in [1.165, 1.54) is 0 Å². The van der Waals surface area contributed by atoms with E-state index in [9.17, 15) is 25.0 Å². The van der Waals surface area contributed by atoms with E-state index in [4.69, 9.17) is 11.6 Å². The fourth-order valence-corrected chi connectivity index (χ4v) is 2.94. The number of hydrogen-bond acceptors (Lipinski definition) is 5. The van der Waals surface area contributed by atoms with Crippen molar-refractivity contribution < 1.29 is 14.6 Å². The number of non-ortho nitro benzene ring substituents is 2. The molecular weight excluding hydrogens is 398 g/mol. The Morgan fingerprint density at radius 1 is 0.828 bits per heavy atom. The van der Waals surface area contributed by atoms with Crippen molar-refractivity contribution in [2.45, 2.75) is 6.04 Å². The molecule has 1 amide bonds. The van der Waals surface area contributed by atoms with Crippen LogP contribution in [0.3, 0.4) is 0 Å². The molecule has 146 valence electrons. The van der Waals surface area contributed by atoms with Gasteiger partial charge in [-0.1, -0.05) is 54.1 Å². The molecule has 8 nitrogen and oxygen atoms in total. The van der Waals surface area contributed by atoms with Gasteiger partial charge in [0.2, 0.25) is 0 Å². The molecule has 1 atom stereocenters. The molecule has 3 aromatic rings. The average Bonchev–Trinajstić information content (AvgIpc) is 2.72. The Balaban J connectivity index is 2.00. The van der Waals surface area contributed by atoms with Crippen LogP contribution >= 0.6 is 11.6 Å². The lowest BCUT2D eigenvalue weighted by Gasteiger charge is -2.20. The summed E-state index contributed by atoms with van der Waals surface area (Å²) in [7, 11) is 0. The predicted octanol–water partition coefficient (Wildman–Crippen LogP) is 4.68. The summed E-state index contributed by atoms with van der Waals surface area (Å²) in [5.41, 5.74) is 0.247. The Bertz CT molecular complexity index is 1040. The van der Waals surface area contributed by atoms with Crippen molar-refractivity contribution in [1.29, 1.82) is 0 Å². The molecule has 0 bridgehead atoms. The molecule has 0 saturated carbocycles. The molecule has 0 aromatic heterocycles. The van der Waals surface area contributed by atoms with Crippen molar-refractivity contribution in [3.63, 3.8) is 0 Å². The van der Waals surface area contributed by atoms with Gasteiger partial charge in [0.1, 0.15) is 0 Å². The third kappa shape index (κ3) is 4.74. The summed E-state index contributed by atoms with van der Waals surface area (Å²) >= 11 is 5.94. The van der Waals surface area contributed by atoms with E-state index in [-0.39, 0.29) is 5.56 Å². The fraction of sp³-hybridized carbons (Fsp3) is 0.0500. The average molecular weight is 412 g/mol. The topological polar surface area (TPSA) is 115 Å². The van der Waals surface area contributed by atoms with E-state index in [2.05, 4.69) is 5.32 Å². The lowest BCUT2D eigenvalue weighted by atomic mass is 9.98. The Hall–Kier alpha value is -3.78. The molecule has 1 N–H and O–H groups in total. The predicted molar refractivity (Wildman–Crippen MR) is 107 cm³/mol. The molecule has 0 radical (unpaired) electrons. The second-order valence-corrected chi connectivity index (χ2v) is 6.56. The summed E-state index contributed by atoms with van der Waals surface area (Å²) < 4.78 is 0. The van der Waals surface area contributed by atoms with Gasteiger partial charge in [0.25, 0.3) is 17.3 Å². The van der Waals surface area contributed by atoms with Crippen LogP contribution in [0.25, 0.3) is 0 Å². The highest BCUT2D eigenvalue weighted by Crippen LogP contribution is 2.26. The molecule has 0 saturated heterocycles. The largest absolute Gasteiger partial charge is 0.341 e. The number of carbonyl (C=O) groups excluding carboxylic acids is 1. The quantitative estimate of drug-likeness (QED) is 0.467. The van der Waals surface area contributed by atoms with Gasteiger partial charge < -0.3 is 5.32 Å². The highest BCUT2D eigenvalue weighted by Gasteiger charge is 2.23. The fourth-order valence-electron chi connectivity index (χ4n) is 2.81. The number of carbonyl (C=O) groups is 1. The number of nitrogens with one attached hydrogen (secondary N) is 1. The van der Waals surface area contributed by atoms with Gasteiger partial charge in [-0.25, -0.2) is 0 Å². The van der Waals surface area contributed by atoms with Crippen LogP contribution in [-0.2, 0) is 0 Å². The van der Waals surface area contributed by atoms with E-state index < -0.39 is 33.2 Å². The van der Waals surface area contributed by atoms with Gasteiger partial charge in [-0.2, -0.15) is 0 Å². The summed E-state index contributed by atoms with van der Waals surface area (Å²) in [6.07, 6.45) is 0. The maximum absolute atomic E-state index is 12.8. The molecule has 0 spiro atoms.